The van der Waals surface area contributed by atoms with E-state index in [1.54, 1.807) is 19.5 Å². The summed E-state index contributed by atoms with van der Waals surface area (Å²) in [5.41, 5.74) is 3.00. The summed E-state index contributed by atoms with van der Waals surface area (Å²) in [6.45, 7) is 3.71. The third-order valence-electron chi connectivity index (χ3n) is 5.26. The third-order valence-corrected chi connectivity index (χ3v) is 5.26. The summed E-state index contributed by atoms with van der Waals surface area (Å²) in [6.07, 6.45) is 5.75. The summed E-state index contributed by atoms with van der Waals surface area (Å²) in [7, 11) is 1.65. The van der Waals surface area contributed by atoms with Crippen molar-refractivity contribution >= 4 is 5.91 Å². The van der Waals surface area contributed by atoms with Crippen LogP contribution in [0.15, 0.2) is 48.8 Å². The van der Waals surface area contributed by atoms with E-state index in [0.29, 0.717) is 26.2 Å². The predicted molar refractivity (Wildman–Crippen MR) is 105 cm³/mol. The summed E-state index contributed by atoms with van der Waals surface area (Å²) in [4.78, 5) is 17.3. The molecule has 2 aromatic rings. The topological polar surface area (TPSA) is 60.5 Å². The Morgan fingerprint density at radius 1 is 1.22 bits per heavy atom. The van der Waals surface area contributed by atoms with Crippen molar-refractivity contribution in [3.8, 4) is 11.1 Å². The highest BCUT2D eigenvalue weighted by molar-refractivity contribution is 5.84. The molecule has 144 valence electrons. The summed E-state index contributed by atoms with van der Waals surface area (Å²) in [6, 6.07) is 12.3. The van der Waals surface area contributed by atoms with Gasteiger partial charge in [0.25, 0.3) is 0 Å². The number of methoxy groups -OCH3 is 1. The van der Waals surface area contributed by atoms with Crippen LogP contribution >= 0.6 is 0 Å². The Hall–Kier alpha value is -2.24. The van der Waals surface area contributed by atoms with E-state index in [9.17, 15) is 4.79 Å². The van der Waals surface area contributed by atoms with Crippen molar-refractivity contribution in [3.05, 3.63) is 54.4 Å². The van der Waals surface area contributed by atoms with Crippen molar-refractivity contribution in [1.82, 2.24) is 10.3 Å². The molecule has 3 rings (SSSR count). The number of carbonyl (C=O) groups is 1. The van der Waals surface area contributed by atoms with E-state index in [2.05, 4.69) is 22.4 Å². The van der Waals surface area contributed by atoms with Crippen LogP contribution in [-0.2, 0) is 20.7 Å². The van der Waals surface area contributed by atoms with E-state index < -0.39 is 5.41 Å². The van der Waals surface area contributed by atoms with Crippen LogP contribution in [-0.4, -0.2) is 43.9 Å². The molecule has 1 aromatic heterocycles. The fourth-order valence-corrected chi connectivity index (χ4v) is 3.77. The Kier molecular flexibility index (Phi) is 6.58. The number of nitrogens with zero attached hydrogens (tertiary/aromatic N) is 1. The number of nitrogens with one attached hydrogen (secondary N) is 1. The third kappa shape index (κ3) is 4.73. The molecule has 1 saturated heterocycles. The summed E-state index contributed by atoms with van der Waals surface area (Å²) < 4.78 is 10.7. The summed E-state index contributed by atoms with van der Waals surface area (Å²) in [5, 5.41) is 3.14. The fourth-order valence-electron chi connectivity index (χ4n) is 3.77. The minimum atomic E-state index is -0.455. The van der Waals surface area contributed by atoms with Crippen LogP contribution in [0.5, 0.6) is 0 Å². The smallest absolute Gasteiger partial charge is 0.227 e. The SMILES string of the molecule is COCC(C)NC(=O)C1(Cc2ccccc2-c2ccncc2)CCOCC1. The zero-order chi connectivity index (χ0) is 19.1. The van der Waals surface area contributed by atoms with Crippen LogP contribution in [0, 0.1) is 5.41 Å². The number of amides is 1. The van der Waals surface area contributed by atoms with Gasteiger partial charge in [-0.25, -0.2) is 0 Å². The van der Waals surface area contributed by atoms with Gasteiger partial charge >= 0.3 is 0 Å². The van der Waals surface area contributed by atoms with E-state index in [4.69, 9.17) is 9.47 Å². The minimum absolute atomic E-state index is 0.0161. The van der Waals surface area contributed by atoms with Gasteiger partial charge in [-0.05, 0) is 55.0 Å². The summed E-state index contributed by atoms with van der Waals surface area (Å²) >= 11 is 0. The predicted octanol–water partition coefficient (Wildman–Crippen LogP) is 3.24. The summed E-state index contributed by atoms with van der Waals surface area (Å²) in [5.74, 6) is 0.0971. The fraction of sp³-hybridized carbons (Fsp3) is 0.455. The van der Waals surface area contributed by atoms with Crippen LogP contribution in [0.2, 0.25) is 0 Å². The molecule has 0 aliphatic carbocycles. The van der Waals surface area contributed by atoms with Gasteiger partial charge in [0.15, 0.2) is 0 Å². The Bertz CT molecular complexity index is 742. The second-order valence-corrected chi connectivity index (χ2v) is 7.29. The average molecular weight is 368 g/mol. The Morgan fingerprint density at radius 3 is 2.63 bits per heavy atom. The van der Waals surface area contributed by atoms with E-state index in [1.165, 1.54) is 5.56 Å². The molecular formula is C22H28N2O3. The lowest BCUT2D eigenvalue weighted by Crippen LogP contribution is -2.49. The molecule has 0 bridgehead atoms. The second kappa shape index (κ2) is 9.11. The molecule has 1 fully saturated rings. The van der Waals surface area contributed by atoms with Crippen LogP contribution < -0.4 is 5.32 Å². The van der Waals surface area contributed by atoms with Gasteiger partial charge in [-0.15, -0.1) is 0 Å². The molecule has 1 aliphatic rings. The second-order valence-electron chi connectivity index (χ2n) is 7.29. The maximum absolute atomic E-state index is 13.2. The van der Waals surface area contributed by atoms with Crippen molar-refractivity contribution in [2.24, 2.45) is 5.41 Å². The van der Waals surface area contributed by atoms with Crippen molar-refractivity contribution in [1.29, 1.82) is 0 Å². The number of aromatic nitrogens is 1. The quantitative estimate of drug-likeness (QED) is 0.815. The first-order valence-electron chi connectivity index (χ1n) is 9.50. The van der Waals surface area contributed by atoms with Crippen molar-refractivity contribution in [2.45, 2.75) is 32.2 Å². The lowest BCUT2D eigenvalue weighted by Gasteiger charge is -2.37. The molecule has 1 amide bonds. The van der Waals surface area contributed by atoms with Crippen LogP contribution in [0.25, 0.3) is 11.1 Å². The first-order valence-corrected chi connectivity index (χ1v) is 9.50. The van der Waals surface area contributed by atoms with E-state index in [-0.39, 0.29) is 11.9 Å². The van der Waals surface area contributed by atoms with Crippen molar-refractivity contribution < 1.29 is 14.3 Å². The molecule has 1 atom stereocenters. The number of ether oxygens (including phenoxy) is 2. The van der Waals surface area contributed by atoms with E-state index in [1.807, 2.05) is 31.2 Å². The van der Waals surface area contributed by atoms with Crippen LogP contribution in [0.1, 0.15) is 25.3 Å². The number of pyridine rings is 1. The Balaban J connectivity index is 1.89. The van der Waals surface area contributed by atoms with Gasteiger partial charge in [0, 0.05) is 38.8 Å². The van der Waals surface area contributed by atoms with E-state index in [0.717, 1.165) is 24.0 Å². The zero-order valence-corrected chi connectivity index (χ0v) is 16.1. The molecule has 1 aliphatic heterocycles. The number of rotatable bonds is 7. The molecule has 0 radical (unpaired) electrons. The number of carbonyl (C=O) groups excluding carboxylic acids is 1. The van der Waals surface area contributed by atoms with Crippen molar-refractivity contribution in [3.63, 3.8) is 0 Å². The molecule has 1 aromatic carbocycles. The maximum Gasteiger partial charge on any atom is 0.227 e. The maximum atomic E-state index is 13.2. The normalized spacial score (nSPS) is 17.3. The molecular weight excluding hydrogens is 340 g/mol. The van der Waals surface area contributed by atoms with Gasteiger partial charge in [-0.3, -0.25) is 9.78 Å². The Labute approximate surface area is 161 Å². The number of hydrogen-bond acceptors (Lipinski definition) is 4. The molecule has 1 N–H and O–H groups in total. The molecule has 5 heteroatoms. The highest BCUT2D eigenvalue weighted by atomic mass is 16.5. The standard InChI is InChI=1S/C22H28N2O3/c1-17(16-26-2)24-21(25)22(9-13-27-14-10-22)15-19-5-3-4-6-20(19)18-7-11-23-12-8-18/h3-8,11-12,17H,9-10,13-16H2,1-2H3,(H,24,25). The monoisotopic (exact) mass is 368 g/mol. The van der Waals surface area contributed by atoms with Gasteiger partial charge in [-0.2, -0.15) is 0 Å². The van der Waals surface area contributed by atoms with Gasteiger partial charge < -0.3 is 14.8 Å². The minimum Gasteiger partial charge on any atom is -0.383 e. The molecule has 2 heterocycles. The Morgan fingerprint density at radius 2 is 1.93 bits per heavy atom. The molecule has 27 heavy (non-hydrogen) atoms. The van der Waals surface area contributed by atoms with E-state index >= 15 is 0 Å². The molecule has 1 unspecified atom stereocenters. The molecule has 0 spiro atoms. The van der Waals surface area contributed by atoms with Crippen molar-refractivity contribution in [2.75, 3.05) is 26.9 Å². The lowest BCUT2D eigenvalue weighted by molar-refractivity contribution is -0.137. The van der Waals surface area contributed by atoms with Gasteiger partial charge in [0.05, 0.1) is 12.0 Å². The van der Waals surface area contributed by atoms with Gasteiger partial charge in [-0.1, -0.05) is 24.3 Å². The highest BCUT2D eigenvalue weighted by Crippen LogP contribution is 2.37. The molecule has 5 nitrogen and oxygen atoms in total. The van der Waals surface area contributed by atoms with Gasteiger partial charge in [0.2, 0.25) is 5.91 Å². The first kappa shape index (κ1) is 19.5. The largest absolute Gasteiger partial charge is 0.383 e. The number of hydrogen-bond donors (Lipinski definition) is 1. The lowest BCUT2D eigenvalue weighted by atomic mass is 9.73. The van der Waals surface area contributed by atoms with Crippen LogP contribution in [0.4, 0.5) is 0 Å². The molecule has 0 saturated carbocycles. The van der Waals surface area contributed by atoms with Crippen LogP contribution in [0.3, 0.4) is 0 Å². The zero-order valence-electron chi connectivity index (χ0n) is 16.1. The van der Waals surface area contributed by atoms with Gasteiger partial charge in [0.1, 0.15) is 0 Å². The first-order chi connectivity index (χ1) is 13.1. The number of benzene rings is 1. The average Bonchev–Trinajstić information content (AvgIpc) is 2.70. The highest BCUT2D eigenvalue weighted by Gasteiger charge is 2.41.